The summed E-state index contributed by atoms with van der Waals surface area (Å²) in [5, 5.41) is 15.2. The quantitative estimate of drug-likeness (QED) is 0.166. The van der Waals surface area contributed by atoms with Gasteiger partial charge in [0.25, 0.3) is 0 Å². The number of esters is 1. The predicted molar refractivity (Wildman–Crippen MR) is 217 cm³/mol. The van der Waals surface area contributed by atoms with Crippen LogP contribution in [0.3, 0.4) is 0 Å². The van der Waals surface area contributed by atoms with Crippen molar-refractivity contribution in [1.29, 1.82) is 0 Å². The molecule has 6 aromatic rings. The molecule has 6 heterocycles. The van der Waals surface area contributed by atoms with Gasteiger partial charge in [0.15, 0.2) is 17.9 Å². The average Bonchev–Trinajstić information content (AvgIpc) is 4.00. The van der Waals surface area contributed by atoms with Gasteiger partial charge in [0.05, 0.1) is 30.7 Å². The summed E-state index contributed by atoms with van der Waals surface area (Å²) in [7, 11) is 3.31. The fourth-order valence-electron chi connectivity index (χ4n) is 8.66. The number of benzene rings is 2. The van der Waals surface area contributed by atoms with Gasteiger partial charge in [0.2, 0.25) is 0 Å². The molecular weight excluding hydrogens is 736 g/mol. The van der Waals surface area contributed by atoms with Crippen molar-refractivity contribution >= 4 is 16.9 Å². The molecule has 0 saturated carbocycles. The molecule has 13 heteroatoms. The van der Waals surface area contributed by atoms with Gasteiger partial charge in [0, 0.05) is 54.1 Å². The molecule has 2 aliphatic rings. The highest BCUT2D eigenvalue weighted by Crippen LogP contribution is 2.41. The highest BCUT2D eigenvalue weighted by atomic mass is 19.1. The number of ether oxygens (including phenoxy) is 3. The van der Waals surface area contributed by atoms with Crippen LogP contribution in [0.15, 0.2) is 67.1 Å². The lowest BCUT2D eigenvalue weighted by Gasteiger charge is -2.30. The second kappa shape index (κ2) is 16.2. The molecule has 58 heavy (non-hydrogen) atoms. The van der Waals surface area contributed by atoms with E-state index in [9.17, 15) is 4.79 Å². The number of aromatic nitrogens is 8. The number of nitrogens with one attached hydrogen (secondary N) is 1. The Bertz CT molecular complexity index is 2410. The van der Waals surface area contributed by atoms with Gasteiger partial charge in [-0.2, -0.15) is 5.10 Å². The van der Waals surface area contributed by atoms with Crippen LogP contribution >= 0.6 is 0 Å². The van der Waals surface area contributed by atoms with E-state index in [0.717, 1.165) is 66.3 Å². The van der Waals surface area contributed by atoms with Gasteiger partial charge in [-0.1, -0.05) is 63.1 Å². The van der Waals surface area contributed by atoms with E-state index in [1.54, 1.807) is 16.9 Å². The number of hydrogen-bond acceptors (Lipinski definition) is 9. The number of aryl methyl sites for hydroxylation is 1. The van der Waals surface area contributed by atoms with E-state index in [1.165, 1.54) is 7.11 Å². The van der Waals surface area contributed by atoms with Gasteiger partial charge in [-0.3, -0.25) is 9.78 Å². The number of halogens is 1. The summed E-state index contributed by atoms with van der Waals surface area (Å²) in [6.45, 7) is 9.36. The molecule has 6 bridgehead atoms. The molecule has 8 rings (SSSR count). The molecular formula is C45H53FN8O4. The minimum atomic E-state index is -0.839. The molecule has 1 fully saturated rings. The second-order valence-corrected chi connectivity index (χ2v) is 16.9. The van der Waals surface area contributed by atoms with Crippen molar-refractivity contribution in [3.8, 4) is 11.5 Å². The molecule has 4 atom stereocenters. The van der Waals surface area contributed by atoms with Crippen molar-refractivity contribution in [3.05, 3.63) is 112 Å². The van der Waals surface area contributed by atoms with Crippen LogP contribution in [-0.2, 0) is 49.8 Å². The Morgan fingerprint density at radius 3 is 2.74 bits per heavy atom. The summed E-state index contributed by atoms with van der Waals surface area (Å²) in [5.41, 5.74) is 5.29. The molecule has 0 spiro atoms. The largest absolute Gasteiger partial charge is 0.469 e. The number of pyridine rings is 1. The zero-order chi connectivity index (χ0) is 40.6. The normalized spacial score (nSPS) is 21.7. The summed E-state index contributed by atoms with van der Waals surface area (Å²) in [5.74, 6) is 0.343. The Morgan fingerprint density at radius 1 is 1.09 bits per heavy atom. The third-order valence-corrected chi connectivity index (χ3v) is 12.2. The van der Waals surface area contributed by atoms with Gasteiger partial charge in [-0.25, -0.2) is 18.7 Å². The number of rotatable bonds is 6. The average molecular weight is 789 g/mol. The first-order chi connectivity index (χ1) is 27.9. The highest BCUT2D eigenvalue weighted by Gasteiger charge is 2.36. The van der Waals surface area contributed by atoms with Crippen LogP contribution in [0.1, 0.15) is 118 Å². The SMILES string of the molecule is COC(=O)[C@H](C)Cc1cccc([C@@]2(C)CCCCC(C)(C)c3cn(nn3)Cc3c(c(F)cc4[nH]ccc34)C(OC3CCCCO3)c3ccnc(c3)-c3nc2nn3C)c1. The van der Waals surface area contributed by atoms with Crippen molar-refractivity contribution in [3.63, 3.8) is 0 Å². The third kappa shape index (κ3) is 7.81. The monoisotopic (exact) mass is 788 g/mol. The van der Waals surface area contributed by atoms with Crippen molar-refractivity contribution in [2.45, 2.75) is 109 Å². The van der Waals surface area contributed by atoms with Crippen molar-refractivity contribution in [2.75, 3.05) is 13.7 Å². The molecule has 304 valence electrons. The van der Waals surface area contributed by atoms with Crippen LogP contribution in [0.4, 0.5) is 4.39 Å². The van der Waals surface area contributed by atoms with Gasteiger partial charge in [-0.15, -0.1) is 5.10 Å². The molecule has 4 aromatic heterocycles. The molecule has 2 aromatic carbocycles. The maximum atomic E-state index is 16.8. The van der Waals surface area contributed by atoms with Crippen molar-refractivity contribution in [1.82, 2.24) is 39.7 Å². The van der Waals surface area contributed by atoms with Crippen LogP contribution in [-0.4, -0.2) is 65.7 Å². The first-order valence-electron chi connectivity index (χ1n) is 20.4. The number of fused-ring (bicyclic) bond motifs is 10. The lowest BCUT2D eigenvalue weighted by Crippen LogP contribution is -2.26. The molecule has 0 radical (unpaired) electrons. The van der Waals surface area contributed by atoms with Crippen molar-refractivity contribution in [2.24, 2.45) is 13.0 Å². The predicted octanol–water partition coefficient (Wildman–Crippen LogP) is 8.28. The number of H-pyrrole nitrogens is 1. The van der Waals surface area contributed by atoms with E-state index in [1.807, 2.05) is 55.3 Å². The fourth-order valence-corrected chi connectivity index (χ4v) is 8.66. The van der Waals surface area contributed by atoms with E-state index in [0.29, 0.717) is 53.4 Å². The van der Waals surface area contributed by atoms with E-state index >= 15 is 4.39 Å². The summed E-state index contributed by atoms with van der Waals surface area (Å²) in [6.07, 6.45) is 10.8. The standard InChI is InChI=1S/C45H53FN8O4/c1-28(42(55)56-6)22-29-12-11-13-31(23-29)45(4)18-9-8-17-44(2,3)37-27-54(52-50-37)26-33-32-16-20-47-35(32)25-34(46)39(33)40(58-38-14-7-10-21-57-38)30-15-19-48-36(24-30)41-49-43(45)51-53(41)5/h11-13,15-16,19-20,23-25,27-28,38,40,47H,7-10,14,17-18,21-22,26H2,1-6H3/t28-,38?,40?,45-/m1/s1. The number of aromatic amines is 1. The molecule has 0 aliphatic carbocycles. The van der Waals surface area contributed by atoms with Crippen LogP contribution < -0.4 is 0 Å². The minimum absolute atomic E-state index is 0.236. The Kier molecular flexibility index (Phi) is 11.0. The van der Waals surface area contributed by atoms with Gasteiger partial charge in [-0.05, 0) is 92.0 Å². The number of methoxy groups -OCH3 is 1. The number of hydrogen-bond donors (Lipinski definition) is 1. The number of nitrogens with zero attached hydrogens (tertiary/aromatic N) is 7. The van der Waals surface area contributed by atoms with E-state index in [-0.39, 0.29) is 23.8 Å². The number of carbonyl (C=O) groups excluding carboxylic acids is 1. The Morgan fingerprint density at radius 2 is 1.93 bits per heavy atom. The van der Waals surface area contributed by atoms with Gasteiger partial charge < -0.3 is 19.2 Å². The van der Waals surface area contributed by atoms with Crippen LogP contribution in [0.25, 0.3) is 22.4 Å². The maximum Gasteiger partial charge on any atom is 0.308 e. The summed E-state index contributed by atoms with van der Waals surface area (Å²) >= 11 is 0. The molecule has 1 N–H and O–H groups in total. The lowest BCUT2D eigenvalue weighted by molar-refractivity contribution is -0.182. The molecule has 12 nitrogen and oxygen atoms in total. The number of carbonyl (C=O) groups is 1. The maximum absolute atomic E-state index is 16.8. The molecule has 2 unspecified atom stereocenters. The summed E-state index contributed by atoms with van der Waals surface area (Å²) < 4.78 is 38.4. The Hall–Kier alpha value is -5.27. The molecule has 2 aliphatic heterocycles. The van der Waals surface area contributed by atoms with E-state index in [4.69, 9.17) is 29.3 Å². The van der Waals surface area contributed by atoms with Gasteiger partial charge in [0.1, 0.15) is 17.6 Å². The van der Waals surface area contributed by atoms with Crippen LogP contribution in [0.2, 0.25) is 0 Å². The van der Waals surface area contributed by atoms with Crippen LogP contribution in [0.5, 0.6) is 0 Å². The zero-order valence-electron chi connectivity index (χ0n) is 34.3. The Labute approximate surface area is 338 Å². The summed E-state index contributed by atoms with van der Waals surface area (Å²) in [6, 6.07) is 15.7. The molecule has 0 amide bonds. The van der Waals surface area contributed by atoms with Crippen LogP contribution in [0, 0.1) is 11.7 Å². The topological polar surface area (TPSA) is 135 Å². The highest BCUT2D eigenvalue weighted by molar-refractivity contribution is 5.85. The van der Waals surface area contributed by atoms with E-state index < -0.39 is 23.6 Å². The first-order valence-corrected chi connectivity index (χ1v) is 20.4. The third-order valence-electron chi connectivity index (χ3n) is 12.2. The smallest absolute Gasteiger partial charge is 0.308 e. The first kappa shape index (κ1) is 39.6. The van der Waals surface area contributed by atoms with Gasteiger partial charge >= 0.3 is 5.97 Å². The zero-order valence-corrected chi connectivity index (χ0v) is 34.3. The van der Waals surface area contributed by atoms with E-state index in [2.05, 4.69) is 54.3 Å². The van der Waals surface area contributed by atoms with Crippen molar-refractivity contribution < 1.29 is 23.4 Å². The second-order valence-electron chi connectivity index (χ2n) is 16.9. The molecule has 1 saturated heterocycles. The summed E-state index contributed by atoms with van der Waals surface area (Å²) in [4.78, 5) is 25.6. The lowest BCUT2D eigenvalue weighted by atomic mass is 9.75. The fraction of sp³-hybridized carbons (Fsp3) is 0.467. The minimum Gasteiger partial charge on any atom is -0.469 e. The Balaban J connectivity index is 1.28.